The van der Waals surface area contributed by atoms with E-state index in [1.165, 1.54) is 0 Å². The summed E-state index contributed by atoms with van der Waals surface area (Å²) in [5, 5.41) is 0. The maximum Gasteiger partial charge on any atom is 1.00 e. The molecule has 0 aromatic heterocycles. The van der Waals surface area contributed by atoms with Gasteiger partial charge < -0.3 is 20.6 Å². The topological polar surface area (TPSA) is 80.9 Å². The van der Waals surface area contributed by atoms with Crippen LogP contribution < -0.4 is 18.9 Å². The summed E-state index contributed by atoms with van der Waals surface area (Å²) in [6.07, 6.45) is 0. The van der Waals surface area contributed by atoms with Gasteiger partial charge in [-0.15, -0.1) is 0 Å². The molecule has 0 heterocycles. The van der Waals surface area contributed by atoms with E-state index < -0.39 is 9.05 Å². The molecule has 43 valence electrons. The molecule has 0 rings (SSSR count). The van der Waals surface area contributed by atoms with Crippen LogP contribution in [0, 0.1) is 0 Å². The quantitative estimate of drug-likeness (QED) is 0.268. The first kappa shape index (κ1) is 15.7. The van der Waals surface area contributed by atoms with Crippen LogP contribution in [0.3, 0.4) is 0 Å². The maximum atomic E-state index is 7.33. The molecule has 4 N–H and O–H groups in total. The minimum absolute atomic E-state index is 0. The zero-order valence-corrected chi connectivity index (χ0v) is 5.66. The largest absolute Gasteiger partial charge is 1.00 e. The predicted molar refractivity (Wildman–Crippen MR) is 15.7 cm³/mol. The summed E-state index contributed by atoms with van der Waals surface area (Å²) in [6, 6.07) is 0. The van der Waals surface area contributed by atoms with Crippen LogP contribution in [-0.2, 0) is 16.8 Å². The Morgan fingerprint density at radius 2 is 1.00 bits per heavy atom. The fourth-order valence-corrected chi connectivity index (χ4v) is 0. The van der Waals surface area contributed by atoms with Crippen LogP contribution in [0.15, 0.2) is 0 Å². The molecule has 0 aromatic rings. The Bertz CT molecular complexity index is 31.5. The Balaban J connectivity index is -0.0000000267. The van der Waals surface area contributed by atoms with Crippen LogP contribution in [0.4, 0.5) is 0 Å². The zero-order valence-electron chi connectivity index (χ0n) is 4.62. The van der Waals surface area contributed by atoms with Gasteiger partial charge in [0, 0.05) is 16.8 Å². The summed E-state index contributed by atoms with van der Waals surface area (Å²) in [5.41, 5.74) is 0. The molecule has 0 unspecified atom stereocenters. The Labute approximate surface area is 65.5 Å². The van der Waals surface area contributed by atoms with Gasteiger partial charge >= 0.3 is 27.9 Å². The van der Waals surface area contributed by atoms with Crippen molar-refractivity contribution < 1.29 is 56.2 Å². The molecule has 0 aliphatic carbocycles. The van der Waals surface area contributed by atoms with Crippen molar-refractivity contribution in [1.29, 1.82) is 0 Å². The third-order valence-corrected chi connectivity index (χ3v) is 0. The van der Waals surface area contributed by atoms with Gasteiger partial charge in [0.25, 0.3) is 0 Å². The third kappa shape index (κ3) is 142. The summed E-state index contributed by atoms with van der Waals surface area (Å²) in [5.74, 6) is 0. The van der Waals surface area contributed by atoms with E-state index in [-0.39, 0.29) is 37.1 Å². The Kier molecular flexibility index (Phi) is 11.9. The summed E-state index contributed by atoms with van der Waals surface area (Å²) in [6.45, 7) is 0. The monoisotopic (exact) mass is 163 g/mol. The van der Waals surface area contributed by atoms with Crippen molar-refractivity contribution >= 4 is 9.05 Å². The van der Waals surface area contributed by atoms with Crippen molar-refractivity contribution in [3.63, 3.8) is 0 Å². The van der Waals surface area contributed by atoms with Crippen molar-refractivity contribution in [1.82, 2.24) is 0 Å². The van der Waals surface area contributed by atoms with Crippen molar-refractivity contribution in [2.45, 2.75) is 0 Å². The van der Waals surface area contributed by atoms with Crippen molar-refractivity contribution in [2.24, 2.45) is 0 Å². The number of hydrogen-bond donors (Lipinski definition) is 4. The molecule has 0 aliphatic heterocycles. The fourth-order valence-electron chi connectivity index (χ4n) is 0. The SMILES string of the molecule is O[Si](O)(O)O.[Co].[H-].[Li+]. The molecule has 0 amide bonds. The van der Waals surface area contributed by atoms with E-state index in [0.717, 1.165) is 0 Å². The van der Waals surface area contributed by atoms with Gasteiger partial charge in [-0.05, 0) is 0 Å². The molecule has 0 bridgehead atoms. The van der Waals surface area contributed by atoms with Gasteiger partial charge in [-0.25, -0.2) is 0 Å². The second-order valence-electron chi connectivity index (χ2n) is 0.600. The molecular formula is H5CoLiO4Si. The van der Waals surface area contributed by atoms with Crippen LogP contribution in [0.2, 0.25) is 0 Å². The average Bonchev–Trinajstić information content (AvgIpc) is 0.722. The minimum atomic E-state index is -4.61. The molecule has 0 fully saturated rings. The summed E-state index contributed by atoms with van der Waals surface area (Å²) in [7, 11) is -4.61. The molecule has 0 saturated heterocycles. The molecule has 0 atom stereocenters. The maximum absolute atomic E-state index is 7.33. The third-order valence-electron chi connectivity index (χ3n) is 0. The average molecular weight is 163 g/mol. The van der Waals surface area contributed by atoms with E-state index in [2.05, 4.69) is 0 Å². The van der Waals surface area contributed by atoms with Crippen LogP contribution in [-0.4, -0.2) is 28.2 Å². The second-order valence-corrected chi connectivity index (χ2v) is 1.80. The molecule has 7 heteroatoms. The van der Waals surface area contributed by atoms with E-state index in [1.807, 2.05) is 0 Å². The first-order valence-corrected chi connectivity index (χ1v) is 2.68. The Morgan fingerprint density at radius 3 is 1.00 bits per heavy atom. The molecule has 1 radical (unpaired) electrons. The van der Waals surface area contributed by atoms with E-state index in [4.69, 9.17) is 19.2 Å². The molecular weight excluding hydrogens is 158 g/mol. The minimum Gasteiger partial charge on any atom is -1.00 e. The molecule has 0 spiro atoms. The first-order valence-electron chi connectivity index (χ1n) is 0.894. The molecule has 0 aliphatic rings. The van der Waals surface area contributed by atoms with Gasteiger partial charge in [0.05, 0.1) is 0 Å². The van der Waals surface area contributed by atoms with E-state index in [1.54, 1.807) is 0 Å². The number of hydrogen-bond acceptors (Lipinski definition) is 4. The summed E-state index contributed by atoms with van der Waals surface area (Å²) in [4.78, 5) is 29.3. The van der Waals surface area contributed by atoms with Crippen LogP contribution in [0.1, 0.15) is 1.43 Å². The van der Waals surface area contributed by atoms with Gasteiger partial charge in [-0.1, -0.05) is 0 Å². The zero-order chi connectivity index (χ0) is 4.50. The predicted octanol–water partition coefficient (Wildman–Crippen LogP) is -5.49. The Hall–Kier alpha value is 1.16. The smallest absolute Gasteiger partial charge is 1.00 e. The molecule has 4 nitrogen and oxygen atoms in total. The molecule has 0 saturated carbocycles. The van der Waals surface area contributed by atoms with E-state index in [9.17, 15) is 0 Å². The second kappa shape index (κ2) is 5.30. The van der Waals surface area contributed by atoms with Crippen molar-refractivity contribution in [3.05, 3.63) is 0 Å². The van der Waals surface area contributed by atoms with Gasteiger partial charge in [0.1, 0.15) is 0 Å². The van der Waals surface area contributed by atoms with Gasteiger partial charge in [-0.2, -0.15) is 0 Å². The van der Waals surface area contributed by atoms with Crippen LogP contribution >= 0.6 is 0 Å². The molecule has 7 heavy (non-hydrogen) atoms. The summed E-state index contributed by atoms with van der Waals surface area (Å²) < 4.78 is 0. The van der Waals surface area contributed by atoms with Crippen molar-refractivity contribution in [2.75, 3.05) is 0 Å². The van der Waals surface area contributed by atoms with E-state index >= 15 is 0 Å². The van der Waals surface area contributed by atoms with Crippen LogP contribution in [0.5, 0.6) is 0 Å². The normalized spacial score (nSPS) is 8.57. The molecule has 0 aromatic carbocycles. The van der Waals surface area contributed by atoms with Gasteiger partial charge in [-0.3, -0.25) is 0 Å². The van der Waals surface area contributed by atoms with Gasteiger partial charge in [0.15, 0.2) is 0 Å². The first-order chi connectivity index (χ1) is 2.00. The summed E-state index contributed by atoms with van der Waals surface area (Å²) >= 11 is 0. The number of rotatable bonds is 0. The van der Waals surface area contributed by atoms with Gasteiger partial charge in [0.2, 0.25) is 0 Å². The standard InChI is InChI=1S/Co.Li.H4O4Si.H/c;;1-5(2,3)4;/h;;1-4H;/q;+1;;-1. The van der Waals surface area contributed by atoms with Crippen molar-refractivity contribution in [3.8, 4) is 0 Å². The fraction of sp³-hybridized carbons (Fsp3) is 0. The van der Waals surface area contributed by atoms with Crippen LogP contribution in [0.25, 0.3) is 0 Å². The Morgan fingerprint density at radius 1 is 1.00 bits per heavy atom. The van der Waals surface area contributed by atoms with E-state index in [0.29, 0.717) is 0 Å².